The van der Waals surface area contributed by atoms with Crippen molar-refractivity contribution in [2.75, 3.05) is 13.7 Å². The quantitative estimate of drug-likeness (QED) is 0.0942. The van der Waals surface area contributed by atoms with Gasteiger partial charge in [-0.15, -0.1) is 0 Å². The number of esters is 1. The van der Waals surface area contributed by atoms with Crippen LogP contribution in [-0.2, 0) is 38.0 Å². The molecule has 0 amide bonds. The molecule has 0 radical (unpaired) electrons. The van der Waals surface area contributed by atoms with Crippen molar-refractivity contribution in [3.8, 4) is 0 Å². The third-order valence-corrected chi connectivity index (χ3v) is 19.9. The lowest BCUT2D eigenvalue weighted by Crippen LogP contribution is -2.68. The molecule has 5 saturated carbocycles. The minimum absolute atomic E-state index is 0.0116. The van der Waals surface area contributed by atoms with Gasteiger partial charge in [-0.3, -0.25) is 4.79 Å². The average molecular weight is 925 g/mol. The molecule has 0 spiro atoms. The summed E-state index contributed by atoms with van der Waals surface area (Å²) in [5, 5.41) is 86.7. The second-order valence-electron chi connectivity index (χ2n) is 23.1. The van der Waals surface area contributed by atoms with Crippen LogP contribution < -0.4 is 0 Å². The number of methoxy groups -OCH3 is 1. The zero-order chi connectivity index (χ0) is 47.5. The smallest absolute Gasteiger partial charge is 0.312 e. The zero-order valence-corrected chi connectivity index (χ0v) is 40.0. The van der Waals surface area contributed by atoms with Gasteiger partial charge in [0.05, 0.1) is 37.4 Å². The lowest BCUT2D eigenvalue weighted by molar-refractivity contribution is -0.393. The van der Waals surface area contributed by atoms with Gasteiger partial charge in [-0.1, -0.05) is 46.8 Å². The number of aliphatic hydroxyl groups excluding tert-OH is 8. The van der Waals surface area contributed by atoms with Gasteiger partial charge in [0.15, 0.2) is 18.9 Å². The van der Waals surface area contributed by atoms with Gasteiger partial charge in [0.2, 0.25) is 0 Å². The van der Waals surface area contributed by atoms with E-state index in [4.69, 9.17) is 33.2 Å². The zero-order valence-electron chi connectivity index (χ0n) is 40.0. The standard InChI is InChI=1S/C49H80O16/c1-22(2)25-13-18-49(44(58)59-10)20-19-47(8)26(31(25)49)11-12-29-46(7)16-15-30(45(5,6)28(46)14-17-48(29,47)9)63-43-40(65-42-37(56)35(54)33(52)24(4)61-42)38(57)39(27(21-50)62-43)64-41-36(55)34(53)32(51)23(3)60-41/h23-43,50-57H,1,11-21H2,2-10H3/t23-,24-,25-,26+,27+,28-,29+,30-,31-,32-,33-,34+,35+,36+,37+,38-,39+,40+,41-,42-,43-,46-,47+,48+,49-/m0/s1. The highest BCUT2D eigenvalue weighted by Gasteiger charge is 2.72. The molecule has 16 heteroatoms. The van der Waals surface area contributed by atoms with Crippen LogP contribution in [-0.4, -0.2) is 159 Å². The third kappa shape index (κ3) is 7.64. The van der Waals surface area contributed by atoms with Crippen molar-refractivity contribution in [3.63, 3.8) is 0 Å². The first-order valence-electron chi connectivity index (χ1n) is 24.5. The molecule has 8 aliphatic rings. The highest BCUT2D eigenvalue weighted by Crippen LogP contribution is 2.77. The molecule has 8 N–H and O–H groups in total. The van der Waals surface area contributed by atoms with E-state index in [2.05, 4.69) is 48.1 Å². The minimum atomic E-state index is -1.73. The first kappa shape index (κ1) is 50.1. The SMILES string of the molecule is C=C(C)[C@@H]1CC[C@]2(C(=O)OC)CC[C@]3(C)[C@H](CC[C@@H]4[C@@]5(C)CC[C@H](O[C@@H]6O[C@H](CO)[C@@H](O[C@@H]7O[C@@H](C)[C@H](O)[C@@H](O)[C@H]7O)[C@H](O)[C@H]6O[C@@H]6O[C@@H](C)[C@H](O)[C@@H](O)[C@H]6O)C(C)(C)[C@@H]5CC[C@]43C)[C@H]12. The maximum Gasteiger partial charge on any atom is 0.312 e. The number of fused-ring (bicyclic) bond motifs is 7. The Morgan fingerprint density at radius 2 is 1.23 bits per heavy atom. The van der Waals surface area contributed by atoms with E-state index in [1.165, 1.54) is 26.5 Å². The Balaban J connectivity index is 1.05. The highest BCUT2D eigenvalue weighted by atomic mass is 16.8. The summed E-state index contributed by atoms with van der Waals surface area (Å²) in [6.45, 7) is 20.9. The van der Waals surface area contributed by atoms with Crippen molar-refractivity contribution in [3.05, 3.63) is 12.2 Å². The van der Waals surface area contributed by atoms with Gasteiger partial charge in [-0.2, -0.15) is 0 Å². The summed E-state index contributed by atoms with van der Waals surface area (Å²) in [5.41, 5.74) is 0.258. The van der Waals surface area contributed by atoms with Crippen molar-refractivity contribution in [1.29, 1.82) is 0 Å². The Labute approximate surface area is 384 Å². The molecule has 3 heterocycles. The van der Waals surface area contributed by atoms with Gasteiger partial charge in [0.25, 0.3) is 0 Å². The number of hydrogen-bond acceptors (Lipinski definition) is 16. The molecule has 3 aliphatic heterocycles. The molecule has 3 saturated heterocycles. The number of ether oxygens (including phenoxy) is 7. The van der Waals surface area contributed by atoms with Gasteiger partial charge in [0.1, 0.15) is 61.0 Å². The Bertz CT molecular complexity index is 1750. The van der Waals surface area contributed by atoms with Crippen molar-refractivity contribution in [2.45, 2.75) is 218 Å². The molecule has 8 rings (SSSR count). The van der Waals surface area contributed by atoms with Crippen LogP contribution in [0.5, 0.6) is 0 Å². The van der Waals surface area contributed by atoms with E-state index in [1.807, 2.05) is 0 Å². The van der Waals surface area contributed by atoms with Gasteiger partial charge in [-0.25, -0.2) is 0 Å². The van der Waals surface area contributed by atoms with Crippen molar-refractivity contribution in [2.24, 2.45) is 56.7 Å². The van der Waals surface area contributed by atoms with Crippen LogP contribution in [0.15, 0.2) is 12.2 Å². The van der Waals surface area contributed by atoms with Gasteiger partial charge in [-0.05, 0) is 136 Å². The number of allylic oxidation sites excluding steroid dienone is 1. The lowest BCUT2D eigenvalue weighted by atomic mass is 9.32. The Hall–Kier alpha value is -1.35. The van der Waals surface area contributed by atoms with Crippen molar-refractivity contribution < 1.29 is 78.8 Å². The molecule has 5 aliphatic carbocycles. The number of carbonyl (C=O) groups is 1. The van der Waals surface area contributed by atoms with Crippen molar-refractivity contribution >= 4 is 5.97 Å². The summed E-state index contributed by atoms with van der Waals surface area (Å²) in [6.07, 6.45) is -13.0. The number of rotatable bonds is 9. The van der Waals surface area contributed by atoms with Gasteiger partial charge >= 0.3 is 5.97 Å². The number of aliphatic hydroxyl groups is 8. The molecule has 0 aromatic carbocycles. The van der Waals surface area contributed by atoms with E-state index in [-0.39, 0.29) is 34.1 Å². The molecule has 0 bridgehead atoms. The van der Waals surface area contributed by atoms with Gasteiger partial charge in [0, 0.05) is 0 Å². The fourth-order valence-electron chi connectivity index (χ4n) is 16.1. The van der Waals surface area contributed by atoms with Crippen molar-refractivity contribution in [1.82, 2.24) is 0 Å². The van der Waals surface area contributed by atoms with Crippen LogP contribution in [0.4, 0.5) is 0 Å². The predicted molar refractivity (Wildman–Crippen MR) is 232 cm³/mol. The summed E-state index contributed by atoms with van der Waals surface area (Å²) >= 11 is 0. The molecule has 0 unspecified atom stereocenters. The summed E-state index contributed by atoms with van der Waals surface area (Å²) in [5.74, 6) is 1.48. The monoisotopic (exact) mass is 925 g/mol. The highest BCUT2D eigenvalue weighted by molar-refractivity contribution is 5.78. The molecule has 8 fully saturated rings. The Morgan fingerprint density at radius 3 is 1.80 bits per heavy atom. The summed E-state index contributed by atoms with van der Waals surface area (Å²) < 4.78 is 42.8. The average Bonchev–Trinajstić information content (AvgIpc) is 3.67. The molecular formula is C49H80O16. The normalized spacial score (nSPS) is 55.2. The van der Waals surface area contributed by atoms with Gasteiger partial charge < -0.3 is 74.0 Å². The Morgan fingerprint density at radius 1 is 0.631 bits per heavy atom. The van der Waals surface area contributed by atoms with E-state index in [9.17, 15) is 45.6 Å². The maximum absolute atomic E-state index is 13.7. The molecule has 16 nitrogen and oxygen atoms in total. The van der Waals surface area contributed by atoms with Crippen LogP contribution in [0.1, 0.15) is 120 Å². The van der Waals surface area contributed by atoms with Crippen LogP contribution in [0, 0.1) is 56.7 Å². The summed E-state index contributed by atoms with van der Waals surface area (Å²) in [4.78, 5) is 13.7. The van der Waals surface area contributed by atoms with Crippen LogP contribution in [0.25, 0.3) is 0 Å². The second kappa shape index (κ2) is 17.8. The largest absolute Gasteiger partial charge is 0.469 e. The molecule has 372 valence electrons. The summed E-state index contributed by atoms with van der Waals surface area (Å²) in [7, 11) is 1.54. The second-order valence-corrected chi connectivity index (χ2v) is 23.1. The Kier molecular flexibility index (Phi) is 13.7. The fourth-order valence-corrected chi connectivity index (χ4v) is 16.1. The fraction of sp³-hybridized carbons (Fsp3) is 0.939. The molecule has 65 heavy (non-hydrogen) atoms. The summed E-state index contributed by atoms with van der Waals surface area (Å²) in [6, 6.07) is 0. The van der Waals surface area contributed by atoms with Crippen LogP contribution in [0.3, 0.4) is 0 Å². The molecule has 0 aromatic heterocycles. The minimum Gasteiger partial charge on any atom is -0.469 e. The topological polar surface area (TPSA) is 244 Å². The van der Waals surface area contributed by atoms with E-state index < -0.39 is 116 Å². The molecule has 0 aromatic rings. The molecular weight excluding hydrogens is 845 g/mol. The third-order valence-electron chi connectivity index (χ3n) is 19.9. The van der Waals surface area contributed by atoms with E-state index in [0.717, 1.165) is 57.8 Å². The van der Waals surface area contributed by atoms with E-state index >= 15 is 0 Å². The first-order chi connectivity index (χ1) is 30.4. The first-order valence-corrected chi connectivity index (χ1v) is 24.5. The lowest BCUT2D eigenvalue weighted by Gasteiger charge is -2.73. The molecule has 25 atom stereocenters. The predicted octanol–water partition coefficient (Wildman–Crippen LogP) is 2.71. The van der Waals surface area contributed by atoms with Crippen LogP contribution >= 0.6 is 0 Å². The number of hydrogen-bond donors (Lipinski definition) is 8. The van der Waals surface area contributed by atoms with E-state index in [0.29, 0.717) is 24.2 Å². The maximum atomic E-state index is 13.7. The van der Waals surface area contributed by atoms with E-state index in [1.54, 1.807) is 0 Å². The van der Waals surface area contributed by atoms with Crippen LogP contribution in [0.2, 0.25) is 0 Å². The number of carbonyl (C=O) groups excluding carboxylic acids is 1.